The number of halogens is 1. The molecule has 3 N–H and O–H groups in total. The van der Waals surface area contributed by atoms with Crippen LogP contribution >= 0.6 is 23.4 Å². The number of hydrogen-bond acceptors (Lipinski definition) is 3. The zero-order chi connectivity index (χ0) is 14.4. The molecule has 1 unspecified atom stereocenters. The average Bonchev–Trinajstić information content (AvgIpc) is 2.46. The molecule has 1 aromatic carbocycles. The summed E-state index contributed by atoms with van der Waals surface area (Å²) in [7, 11) is 2.16. The Kier molecular flexibility index (Phi) is 5.76. The Morgan fingerprint density at radius 3 is 2.80 bits per heavy atom. The topological polar surface area (TPSA) is 45.6 Å². The zero-order valence-electron chi connectivity index (χ0n) is 11.4. The molecule has 0 aromatic heterocycles. The fraction of sp³-hybridized carbons (Fsp3) is 0.357. The third-order valence-electron chi connectivity index (χ3n) is 3.06. The largest absolute Gasteiger partial charge is 0.334 e. The summed E-state index contributed by atoms with van der Waals surface area (Å²) in [4.78, 5) is 14.3. The van der Waals surface area contributed by atoms with Gasteiger partial charge in [-0.25, -0.2) is 0 Å². The monoisotopic (exact) mass is 312 g/mol. The molecule has 0 aliphatic carbocycles. The van der Waals surface area contributed by atoms with Gasteiger partial charge in [-0.2, -0.15) is 0 Å². The van der Waals surface area contributed by atoms with Crippen molar-refractivity contribution in [2.45, 2.75) is 11.3 Å². The highest BCUT2D eigenvalue weighted by atomic mass is 35.5. The molecule has 0 saturated carbocycles. The van der Waals surface area contributed by atoms with E-state index in [1.54, 1.807) is 0 Å². The molecule has 0 radical (unpaired) electrons. The molecular formula is C14H19ClN3OS+. The maximum atomic E-state index is 11.7. The summed E-state index contributed by atoms with van der Waals surface area (Å²) in [5, 5.41) is 0.705. The second-order valence-electron chi connectivity index (χ2n) is 4.81. The number of rotatable bonds is 5. The smallest absolute Gasteiger partial charge is 0.248 e. The fourth-order valence-corrected chi connectivity index (χ4v) is 2.65. The predicted molar refractivity (Wildman–Crippen MR) is 82.8 cm³/mol. The first-order valence-corrected chi connectivity index (χ1v) is 7.93. The molecular weight excluding hydrogens is 294 g/mol. The van der Waals surface area contributed by atoms with Crippen molar-refractivity contribution in [3.63, 3.8) is 0 Å². The molecule has 2 rings (SSSR count). The second-order valence-corrected chi connectivity index (χ2v) is 6.29. The molecule has 0 saturated heterocycles. The van der Waals surface area contributed by atoms with Gasteiger partial charge in [-0.3, -0.25) is 10.2 Å². The number of amides is 1. The molecule has 1 atom stereocenters. The summed E-state index contributed by atoms with van der Waals surface area (Å²) in [5.41, 5.74) is 6.83. The highest BCUT2D eigenvalue weighted by Gasteiger charge is 2.11. The lowest BCUT2D eigenvalue weighted by atomic mass is 10.2. The Morgan fingerprint density at radius 2 is 2.15 bits per heavy atom. The van der Waals surface area contributed by atoms with E-state index in [0.29, 0.717) is 10.8 Å². The highest BCUT2D eigenvalue weighted by molar-refractivity contribution is 8.00. The number of benzene rings is 1. The Morgan fingerprint density at radius 1 is 1.40 bits per heavy atom. The van der Waals surface area contributed by atoms with Gasteiger partial charge >= 0.3 is 0 Å². The fourth-order valence-electron chi connectivity index (χ4n) is 1.83. The summed E-state index contributed by atoms with van der Waals surface area (Å²) in [6.07, 6.45) is 3.10. The lowest BCUT2D eigenvalue weighted by Gasteiger charge is -2.20. The SMILES string of the molecule is C[NH+]1CC=C(NNC(=O)CSc2ccc(Cl)cc2)CC1. The summed E-state index contributed by atoms with van der Waals surface area (Å²) < 4.78 is 0. The number of carbonyl (C=O) groups excluding carboxylic acids is 1. The van der Waals surface area contributed by atoms with Crippen LogP contribution in [0.15, 0.2) is 40.9 Å². The van der Waals surface area contributed by atoms with Crippen molar-refractivity contribution in [3.05, 3.63) is 41.1 Å². The first-order chi connectivity index (χ1) is 9.63. The number of carbonyl (C=O) groups is 1. The van der Waals surface area contributed by atoms with Gasteiger partial charge in [0.05, 0.1) is 25.9 Å². The van der Waals surface area contributed by atoms with E-state index in [2.05, 4.69) is 24.0 Å². The van der Waals surface area contributed by atoms with E-state index in [9.17, 15) is 4.79 Å². The van der Waals surface area contributed by atoms with Crippen LogP contribution in [-0.2, 0) is 4.79 Å². The quantitative estimate of drug-likeness (QED) is 0.558. The number of hydrogen-bond donors (Lipinski definition) is 3. The minimum absolute atomic E-state index is 0.0304. The minimum Gasteiger partial charge on any atom is -0.334 e. The molecule has 0 fully saturated rings. The van der Waals surface area contributed by atoms with E-state index in [-0.39, 0.29) is 5.91 Å². The Labute approximate surface area is 128 Å². The van der Waals surface area contributed by atoms with Crippen LogP contribution in [0.2, 0.25) is 5.02 Å². The molecule has 1 heterocycles. The Bertz CT molecular complexity index is 490. The summed E-state index contributed by atoms with van der Waals surface area (Å²) in [5.74, 6) is 0.352. The normalized spacial score (nSPS) is 18.3. The maximum Gasteiger partial charge on any atom is 0.248 e. The third-order valence-corrected chi connectivity index (χ3v) is 4.33. The van der Waals surface area contributed by atoms with Crippen molar-refractivity contribution in [1.82, 2.24) is 10.9 Å². The first kappa shape index (κ1) is 15.2. The molecule has 0 spiro atoms. The Hall–Kier alpha value is -1.17. The van der Waals surface area contributed by atoms with Crippen LogP contribution in [0.5, 0.6) is 0 Å². The van der Waals surface area contributed by atoms with Crippen LogP contribution in [0.1, 0.15) is 6.42 Å². The maximum absolute atomic E-state index is 11.7. The summed E-state index contributed by atoms with van der Waals surface area (Å²) >= 11 is 7.30. The summed E-state index contributed by atoms with van der Waals surface area (Å²) in [6, 6.07) is 7.48. The number of thioether (sulfide) groups is 1. The van der Waals surface area contributed by atoms with Gasteiger partial charge in [-0.1, -0.05) is 11.6 Å². The van der Waals surface area contributed by atoms with Gasteiger partial charge in [0.15, 0.2) is 0 Å². The summed E-state index contributed by atoms with van der Waals surface area (Å²) in [6.45, 7) is 2.09. The molecule has 1 aliphatic heterocycles. The van der Waals surface area contributed by atoms with E-state index in [1.807, 2.05) is 24.3 Å². The molecule has 6 heteroatoms. The van der Waals surface area contributed by atoms with Crippen molar-refractivity contribution in [2.75, 3.05) is 25.9 Å². The number of nitrogens with one attached hydrogen (secondary N) is 3. The van der Waals surface area contributed by atoms with Gasteiger partial charge in [-0.15, -0.1) is 11.8 Å². The van der Waals surface area contributed by atoms with Gasteiger partial charge in [0.25, 0.3) is 0 Å². The van der Waals surface area contributed by atoms with E-state index < -0.39 is 0 Å². The molecule has 1 aromatic rings. The van der Waals surface area contributed by atoms with Crippen LogP contribution in [0, 0.1) is 0 Å². The minimum atomic E-state index is -0.0304. The molecule has 1 amide bonds. The van der Waals surface area contributed by atoms with Crippen LogP contribution in [-0.4, -0.2) is 31.8 Å². The number of quaternary nitrogens is 1. The third kappa shape index (κ3) is 5.07. The second kappa shape index (κ2) is 7.57. The van der Waals surface area contributed by atoms with Crippen molar-refractivity contribution in [3.8, 4) is 0 Å². The van der Waals surface area contributed by atoms with Crippen LogP contribution in [0.3, 0.4) is 0 Å². The van der Waals surface area contributed by atoms with E-state index in [1.165, 1.54) is 16.7 Å². The van der Waals surface area contributed by atoms with Crippen LogP contribution < -0.4 is 15.8 Å². The van der Waals surface area contributed by atoms with E-state index in [0.717, 1.165) is 30.1 Å². The van der Waals surface area contributed by atoms with Crippen molar-refractivity contribution in [1.29, 1.82) is 0 Å². The van der Waals surface area contributed by atoms with Crippen LogP contribution in [0.25, 0.3) is 0 Å². The highest BCUT2D eigenvalue weighted by Crippen LogP contribution is 2.19. The number of hydrazine groups is 1. The van der Waals surface area contributed by atoms with E-state index >= 15 is 0 Å². The van der Waals surface area contributed by atoms with Gasteiger partial charge in [0.1, 0.15) is 0 Å². The zero-order valence-corrected chi connectivity index (χ0v) is 13.0. The molecule has 0 bridgehead atoms. The molecule has 20 heavy (non-hydrogen) atoms. The van der Waals surface area contributed by atoms with Gasteiger partial charge in [0.2, 0.25) is 5.91 Å². The van der Waals surface area contributed by atoms with Crippen LogP contribution in [0.4, 0.5) is 0 Å². The van der Waals surface area contributed by atoms with Crippen molar-refractivity contribution >= 4 is 29.3 Å². The standard InChI is InChI=1S/C14H18ClN3OS/c1-18-8-6-12(7-9-18)16-17-14(19)10-20-13-4-2-11(15)3-5-13/h2-6,16H,7-10H2,1H3,(H,17,19)/p+1. The average molecular weight is 313 g/mol. The van der Waals surface area contributed by atoms with Crippen molar-refractivity contribution < 1.29 is 9.69 Å². The van der Waals surface area contributed by atoms with Gasteiger partial charge in [0, 0.05) is 22.0 Å². The number of likely N-dealkylation sites (N-methyl/N-ethyl adjacent to an activating group) is 1. The predicted octanol–water partition coefficient (Wildman–Crippen LogP) is 0.855. The Balaban J connectivity index is 1.69. The van der Waals surface area contributed by atoms with Crippen molar-refractivity contribution in [2.24, 2.45) is 0 Å². The lowest BCUT2D eigenvalue weighted by Crippen LogP contribution is -3.09. The van der Waals surface area contributed by atoms with Gasteiger partial charge in [-0.05, 0) is 30.3 Å². The molecule has 1 aliphatic rings. The van der Waals surface area contributed by atoms with E-state index in [4.69, 9.17) is 11.6 Å². The molecule has 108 valence electrons. The lowest BCUT2D eigenvalue weighted by molar-refractivity contribution is -0.875. The van der Waals surface area contributed by atoms with Gasteiger partial charge < -0.3 is 10.3 Å². The first-order valence-electron chi connectivity index (χ1n) is 6.57. The molecule has 4 nitrogen and oxygen atoms in total.